The second-order valence-corrected chi connectivity index (χ2v) is 3.03. The van der Waals surface area contributed by atoms with Crippen LogP contribution in [0.25, 0.3) is 0 Å². The van der Waals surface area contributed by atoms with Gasteiger partial charge in [-0.05, 0) is 18.8 Å². The molecule has 0 radical (unpaired) electrons. The van der Waals surface area contributed by atoms with Crippen molar-refractivity contribution < 1.29 is 9.90 Å². The second-order valence-electron chi connectivity index (χ2n) is 3.03. The topological polar surface area (TPSA) is 61.4 Å². The quantitative estimate of drug-likeness (QED) is 0.454. The molecule has 4 nitrogen and oxygen atoms in total. The lowest BCUT2D eigenvalue weighted by atomic mass is 9.74. The Kier molecular flexibility index (Phi) is 1.18. The first kappa shape index (κ1) is 6.12. The Morgan fingerprint density at radius 2 is 2.10 bits per heavy atom. The van der Waals surface area contributed by atoms with Gasteiger partial charge in [0.05, 0.1) is 0 Å². The van der Waals surface area contributed by atoms with Crippen LogP contribution in [0.4, 0.5) is 0 Å². The van der Waals surface area contributed by atoms with Gasteiger partial charge >= 0.3 is 5.97 Å². The standard InChI is InChI=1S/C6H10N2O2/c9-6(10)5-3-1-4(2-3)7-8-5/h3-5,7-8H,1-2H2,(H,9,10). The number of rotatable bonds is 1. The molecule has 1 unspecified atom stereocenters. The van der Waals surface area contributed by atoms with Gasteiger partial charge in [-0.2, -0.15) is 0 Å². The van der Waals surface area contributed by atoms with Gasteiger partial charge in [0.1, 0.15) is 6.04 Å². The van der Waals surface area contributed by atoms with Crippen molar-refractivity contribution >= 4 is 5.97 Å². The van der Waals surface area contributed by atoms with Crippen molar-refractivity contribution in [1.29, 1.82) is 0 Å². The van der Waals surface area contributed by atoms with E-state index in [1.165, 1.54) is 0 Å². The number of hydrazine groups is 1. The summed E-state index contributed by atoms with van der Waals surface area (Å²) in [6, 6.07) is 0.172. The van der Waals surface area contributed by atoms with Crippen LogP contribution in [0, 0.1) is 5.92 Å². The molecule has 1 saturated carbocycles. The summed E-state index contributed by atoms with van der Waals surface area (Å²) in [5.41, 5.74) is 5.72. The van der Waals surface area contributed by atoms with Crippen LogP contribution < -0.4 is 10.9 Å². The maximum atomic E-state index is 10.5. The molecule has 1 atom stereocenters. The normalized spacial score (nSPS) is 44.2. The molecule has 0 aromatic rings. The van der Waals surface area contributed by atoms with Crippen LogP contribution in [-0.4, -0.2) is 23.2 Å². The van der Waals surface area contributed by atoms with Crippen molar-refractivity contribution in [1.82, 2.24) is 10.9 Å². The van der Waals surface area contributed by atoms with Gasteiger partial charge in [-0.3, -0.25) is 10.2 Å². The molecule has 56 valence electrons. The molecule has 2 saturated heterocycles. The minimum Gasteiger partial charge on any atom is -0.480 e. The van der Waals surface area contributed by atoms with E-state index in [9.17, 15) is 4.79 Å². The van der Waals surface area contributed by atoms with Crippen molar-refractivity contribution in [3.8, 4) is 0 Å². The second kappa shape index (κ2) is 1.93. The van der Waals surface area contributed by atoms with Gasteiger partial charge in [0.2, 0.25) is 0 Å². The molecule has 2 aliphatic heterocycles. The highest BCUT2D eigenvalue weighted by atomic mass is 16.4. The summed E-state index contributed by atoms with van der Waals surface area (Å²) >= 11 is 0. The van der Waals surface area contributed by atoms with Crippen molar-refractivity contribution in [3.05, 3.63) is 0 Å². The van der Waals surface area contributed by atoms with E-state index in [2.05, 4.69) is 10.9 Å². The maximum Gasteiger partial charge on any atom is 0.322 e. The fourth-order valence-electron chi connectivity index (χ4n) is 1.64. The first-order valence-corrected chi connectivity index (χ1v) is 3.51. The first-order chi connectivity index (χ1) is 4.77. The molecule has 0 spiro atoms. The number of fused-ring (bicyclic) bond motifs is 2. The van der Waals surface area contributed by atoms with Gasteiger partial charge in [0.25, 0.3) is 0 Å². The molecule has 0 aromatic carbocycles. The lowest BCUT2D eigenvalue weighted by Gasteiger charge is -2.45. The Morgan fingerprint density at radius 1 is 1.40 bits per heavy atom. The van der Waals surface area contributed by atoms with Gasteiger partial charge in [-0.1, -0.05) is 0 Å². The molecule has 2 bridgehead atoms. The molecule has 0 amide bonds. The van der Waals surface area contributed by atoms with Gasteiger partial charge < -0.3 is 5.11 Å². The summed E-state index contributed by atoms with van der Waals surface area (Å²) in [7, 11) is 0. The maximum absolute atomic E-state index is 10.5. The number of carbonyl (C=O) groups is 1. The molecule has 3 aliphatic rings. The molecule has 2 heterocycles. The van der Waals surface area contributed by atoms with E-state index >= 15 is 0 Å². The number of carboxylic acid groups (broad SMARTS) is 1. The summed E-state index contributed by atoms with van der Waals surface area (Å²) < 4.78 is 0. The van der Waals surface area contributed by atoms with Crippen molar-refractivity contribution in [3.63, 3.8) is 0 Å². The third kappa shape index (κ3) is 0.726. The molecule has 3 fully saturated rings. The lowest BCUT2D eigenvalue weighted by molar-refractivity contribution is -0.145. The van der Waals surface area contributed by atoms with Crippen LogP contribution in [0.3, 0.4) is 0 Å². The smallest absolute Gasteiger partial charge is 0.322 e. The van der Waals surface area contributed by atoms with Gasteiger partial charge in [-0.15, -0.1) is 0 Å². The zero-order valence-corrected chi connectivity index (χ0v) is 5.50. The minimum absolute atomic E-state index is 0.356. The average molecular weight is 142 g/mol. The van der Waals surface area contributed by atoms with Crippen molar-refractivity contribution in [2.75, 3.05) is 0 Å². The highest BCUT2D eigenvalue weighted by molar-refractivity contribution is 5.74. The lowest BCUT2D eigenvalue weighted by Crippen LogP contribution is -2.66. The zero-order chi connectivity index (χ0) is 7.14. The predicted octanol–water partition coefficient (Wildman–Crippen LogP) is -0.674. The van der Waals surface area contributed by atoms with Crippen LogP contribution >= 0.6 is 0 Å². The number of hydrogen-bond acceptors (Lipinski definition) is 3. The zero-order valence-electron chi connectivity index (χ0n) is 5.50. The van der Waals surface area contributed by atoms with E-state index in [0.717, 1.165) is 12.8 Å². The summed E-state index contributed by atoms with van der Waals surface area (Å²) in [4.78, 5) is 10.5. The SMILES string of the molecule is O=C(O)C1NNC2CC1C2. The van der Waals surface area contributed by atoms with Crippen LogP contribution in [0.2, 0.25) is 0 Å². The Labute approximate surface area is 58.6 Å². The summed E-state index contributed by atoms with van der Waals surface area (Å²) in [6.45, 7) is 0. The average Bonchev–Trinajstić information content (AvgIpc) is 1.86. The van der Waals surface area contributed by atoms with E-state index in [1.54, 1.807) is 0 Å². The molecule has 0 aromatic heterocycles. The first-order valence-electron chi connectivity index (χ1n) is 3.51. The number of aliphatic carboxylic acids is 1. The largest absolute Gasteiger partial charge is 0.480 e. The highest BCUT2D eigenvalue weighted by Crippen LogP contribution is 2.33. The predicted molar refractivity (Wildman–Crippen MR) is 34.2 cm³/mol. The van der Waals surface area contributed by atoms with E-state index in [4.69, 9.17) is 5.11 Å². The fraction of sp³-hybridized carbons (Fsp3) is 0.833. The third-order valence-corrected chi connectivity index (χ3v) is 2.35. The van der Waals surface area contributed by atoms with E-state index in [-0.39, 0.29) is 6.04 Å². The minimum atomic E-state index is -0.740. The number of hydrogen-bond donors (Lipinski definition) is 3. The van der Waals surface area contributed by atoms with Crippen LogP contribution in [0.15, 0.2) is 0 Å². The summed E-state index contributed by atoms with van der Waals surface area (Å²) in [5.74, 6) is -0.376. The molecular weight excluding hydrogens is 132 g/mol. The third-order valence-electron chi connectivity index (χ3n) is 2.35. The Bertz CT molecular complexity index is 162. The number of carboxylic acids is 1. The van der Waals surface area contributed by atoms with Crippen molar-refractivity contribution in [2.24, 2.45) is 5.92 Å². The molecule has 3 N–H and O–H groups in total. The summed E-state index contributed by atoms with van der Waals surface area (Å²) in [6.07, 6.45) is 2.04. The molecule has 3 rings (SSSR count). The van der Waals surface area contributed by atoms with Crippen molar-refractivity contribution in [2.45, 2.75) is 24.9 Å². The van der Waals surface area contributed by atoms with E-state index < -0.39 is 5.97 Å². The Morgan fingerprint density at radius 3 is 2.40 bits per heavy atom. The van der Waals surface area contributed by atoms with Gasteiger partial charge in [0.15, 0.2) is 0 Å². The highest BCUT2D eigenvalue weighted by Gasteiger charge is 2.43. The molecule has 4 heteroatoms. The van der Waals surface area contributed by atoms with E-state index in [1.807, 2.05) is 0 Å². The monoisotopic (exact) mass is 142 g/mol. The van der Waals surface area contributed by atoms with Crippen LogP contribution in [-0.2, 0) is 4.79 Å². The molecule has 10 heavy (non-hydrogen) atoms. The van der Waals surface area contributed by atoms with E-state index in [0.29, 0.717) is 12.0 Å². The molecular formula is C6H10N2O2. The van der Waals surface area contributed by atoms with Gasteiger partial charge in [0, 0.05) is 6.04 Å². The Balaban J connectivity index is 2.02. The van der Waals surface area contributed by atoms with Crippen LogP contribution in [0.5, 0.6) is 0 Å². The molecule has 1 aliphatic carbocycles. The fourth-order valence-corrected chi connectivity index (χ4v) is 1.64. The summed E-state index contributed by atoms with van der Waals surface area (Å²) in [5, 5.41) is 8.63. The van der Waals surface area contributed by atoms with Crippen LogP contribution in [0.1, 0.15) is 12.8 Å². The Hall–Kier alpha value is -0.610. The van der Waals surface area contributed by atoms with Gasteiger partial charge in [-0.25, -0.2) is 5.43 Å². The number of nitrogens with one attached hydrogen (secondary N) is 2.